The Morgan fingerprint density at radius 2 is 0.770 bits per heavy atom. The zero-order chi connectivity index (χ0) is 86.0. The Morgan fingerprint density at radius 3 is 1.19 bits per heavy atom. The van der Waals surface area contributed by atoms with Crippen LogP contribution in [0.25, 0.3) is 0 Å². The third-order valence-electron chi connectivity index (χ3n) is 16.7. The van der Waals surface area contributed by atoms with Crippen molar-refractivity contribution in [2.45, 2.75) is 236 Å². The molecular weight excluding hydrogens is 1500 g/mol. The zero-order valence-electron chi connectivity index (χ0n) is 64.3. The number of carboxylic acids is 2. The summed E-state index contributed by atoms with van der Waals surface area (Å²) in [6.07, 6.45) is -6.32. The molecule has 45 heteroatoms. The number of nitrogens with zero attached hydrogens (tertiary/aromatic N) is 2. The van der Waals surface area contributed by atoms with Crippen LogP contribution in [0.4, 0.5) is 0 Å². The van der Waals surface area contributed by atoms with Gasteiger partial charge < -0.3 is 143 Å². The molecular formula is C68H110N20O25. The number of hydrogen-bond acceptors (Lipinski definition) is 26. The Hall–Kier alpha value is -11.3. The van der Waals surface area contributed by atoms with Gasteiger partial charge in [0, 0.05) is 24.9 Å². The first kappa shape index (κ1) is 97.8. The number of hydrogen-bond donors (Lipinski definition) is 27. The average molecular weight is 1610 g/mol. The summed E-state index contributed by atoms with van der Waals surface area (Å²) < 4.78 is 0. The Labute approximate surface area is 649 Å². The Bertz CT molecular complexity index is 3600. The fourth-order valence-corrected chi connectivity index (χ4v) is 10.5. The number of aromatic nitrogens is 2. The van der Waals surface area contributed by atoms with Gasteiger partial charge in [-0.15, -0.1) is 0 Å². The highest BCUT2D eigenvalue weighted by Crippen LogP contribution is 2.14. The van der Waals surface area contributed by atoms with E-state index >= 15 is 0 Å². The van der Waals surface area contributed by atoms with Crippen molar-refractivity contribution in [3.05, 3.63) is 48.0 Å². The van der Waals surface area contributed by atoms with Crippen molar-refractivity contribution < 1.29 is 123 Å². The number of aliphatic hydroxyl groups is 6. The van der Waals surface area contributed by atoms with E-state index in [1.54, 1.807) is 27.7 Å². The molecule has 0 aliphatic carbocycles. The number of phenolic OH excluding ortho intramolecular Hbond substituents is 1. The van der Waals surface area contributed by atoms with Crippen LogP contribution < -0.4 is 91.6 Å². The number of carbonyl (C=O) groups is 16. The predicted molar refractivity (Wildman–Crippen MR) is 396 cm³/mol. The van der Waals surface area contributed by atoms with Crippen molar-refractivity contribution in [1.29, 1.82) is 0 Å². The fourth-order valence-electron chi connectivity index (χ4n) is 10.5. The number of amides is 14. The van der Waals surface area contributed by atoms with Gasteiger partial charge in [0.15, 0.2) is 12.0 Å². The van der Waals surface area contributed by atoms with Crippen molar-refractivity contribution in [2.24, 2.45) is 34.0 Å². The third-order valence-corrected chi connectivity index (χ3v) is 16.7. The van der Waals surface area contributed by atoms with Crippen molar-refractivity contribution in [2.75, 3.05) is 19.8 Å². The largest absolute Gasteiger partial charge is 0.508 e. The number of nitrogens with one attached hydrogen (secondary N) is 15. The van der Waals surface area contributed by atoms with Crippen LogP contribution in [0.2, 0.25) is 0 Å². The number of H-pyrrole nitrogens is 1. The number of aromatic amines is 1. The summed E-state index contributed by atoms with van der Waals surface area (Å²) in [5.74, 6) is -20.4. The number of guanidine groups is 1. The van der Waals surface area contributed by atoms with Crippen LogP contribution in [0.3, 0.4) is 0 Å². The molecule has 1 aromatic heterocycles. The molecule has 0 spiro atoms. The molecule has 1 aromatic carbocycles. The van der Waals surface area contributed by atoms with Gasteiger partial charge >= 0.3 is 11.9 Å². The standard InChI is InChI=1S/C68H110N20O25/c1-28(2)19-42(58(103)75-31(6)54(99)79-44(22-38-24-72-27-74-38)59(104)81-43(20-29(3)4)61(106)86-50(34(9)92)65(110)87-51(35(10)93)66(111)88-52(36(11)94)67(112)113)80-60(105)45(23-48(96)97)82-63(108)47(26-90)84-57(102)41(13-12-18-73-68(70)71)78-53(98)30(5)76-62(107)46(25-89)83-55(100)32(7)77-64(109)49(33(8)91)85-56(101)40(69)21-37-14-16-39(95)17-15-37/h14-17,24,27-36,40-47,49-52,89-95H,12-13,18-23,25-26,69H2,1-11H3,(H,72,74)(H,75,103)(H,76,107)(H,77,109)(H,78,98)(H,79,99)(H,80,105)(H,81,104)(H,82,108)(H,83,100)(H,84,102)(H,85,101)(H,86,106)(H,87,110)(H,88,111)(H,96,97)(H,112,113)(H4,70,71,73)/t30-,31-,32-,33+,34+,35+,36+,40-,41-,42-,43-,44-,45-,46-,47-,49-,50-,51-,52-/m0/s1. The molecule has 0 bridgehead atoms. The van der Waals surface area contributed by atoms with Gasteiger partial charge in [-0.2, -0.15) is 0 Å². The summed E-state index contributed by atoms with van der Waals surface area (Å²) >= 11 is 0. The van der Waals surface area contributed by atoms with Crippen LogP contribution in [0.1, 0.15) is 120 Å². The van der Waals surface area contributed by atoms with E-state index in [9.17, 15) is 123 Å². The smallest absolute Gasteiger partial charge is 0.328 e. The lowest BCUT2D eigenvalue weighted by molar-refractivity contribution is -0.146. The Morgan fingerprint density at radius 1 is 0.425 bits per heavy atom. The minimum absolute atomic E-state index is 0.0287. The van der Waals surface area contributed by atoms with Crippen LogP contribution in [-0.4, -0.2) is 291 Å². The van der Waals surface area contributed by atoms with Gasteiger partial charge in [-0.3, -0.25) is 76.9 Å². The van der Waals surface area contributed by atoms with Crippen LogP contribution in [0.5, 0.6) is 5.75 Å². The number of aliphatic carboxylic acids is 2. The summed E-state index contributed by atoms with van der Waals surface area (Å²) in [6, 6.07) is -19.7. The molecule has 1 heterocycles. The van der Waals surface area contributed by atoms with E-state index < -0.39 is 235 Å². The van der Waals surface area contributed by atoms with E-state index in [1.807, 2.05) is 5.32 Å². The number of benzene rings is 1. The number of aliphatic imine (C=N–C) groups is 1. The second kappa shape index (κ2) is 47.8. The molecule has 0 unspecified atom stereocenters. The van der Waals surface area contributed by atoms with Crippen LogP contribution in [-0.2, 0) is 89.6 Å². The number of carbonyl (C=O) groups excluding carboxylic acids is 14. The lowest BCUT2D eigenvalue weighted by atomic mass is 10.0. The van der Waals surface area contributed by atoms with Gasteiger partial charge in [0.2, 0.25) is 82.7 Å². The van der Waals surface area contributed by atoms with Gasteiger partial charge in [-0.1, -0.05) is 39.8 Å². The molecule has 14 amide bonds. The van der Waals surface area contributed by atoms with Crippen molar-refractivity contribution in [3.63, 3.8) is 0 Å². The van der Waals surface area contributed by atoms with Crippen molar-refractivity contribution in [3.8, 4) is 5.75 Å². The SMILES string of the molecule is CC(C)C[C@H](NC(=O)[C@H](CC(=O)O)NC(=O)[C@H](CO)NC(=O)[C@H](CCCN=C(N)N)NC(=O)[C@H](C)NC(=O)[C@H](CO)NC(=O)[C@H](C)NC(=O)[C@@H](NC(=O)[C@@H](N)Cc1ccc(O)cc1)[C@@H](C)O)C(=O)N[C@@H](C)C(=O)N[C@@H](Cc1cnc[nH]1)C(=O)N[C@@H](CC(C)C)C(=O)N[C@H](C(=O)N[C@H](C(=O)N[C@H](C(=O)O)[C@@H](C)O)[C@@H](C)O)[C@@H](C)O. The number of nitrogens with two attached hydrogens (primary N) is 3. The molecule has 19 atom stereocenters. The summed E-state index contributed by atoms with van der Waals surface area (Å²) in [5.41, 5.74) is 17.7. The lowest BCUT2D eigenvalue weighted by Gasteiger charge is -2.29. The first-order chi connectivity index (χ1) is 52.7. The van der Waals surface area contributed by atoms with E-state index in [0.29, 0.717) is 5.56 Å². The fraction of sp³-hybridized carbons (Fsp3) is 0.618. The molecule has 0 aliphatic rings. The minimum atomic E-state index is -2.07. The average Bonchev–Trinajstić information content (AvgIpc) is 1.45. The quantitative estimate of drug-likeness (QED) is 0.0166. The molecule has 2 aromatic rings. The highest BCUT2D eigenvalue weighted by atomic mass is 16.4. The molecule has 0 aliphatic heterocycles. The molecule has 0 saturated carbocycles. The first-order valence-electron chi connectivity index (χ1n) is 35.9. The molecule has 45 nitrogen and oxygen atoms in total. The molecule has 2 rings (SSSR count). The maximum atomic E-state index is 14.3. The van der Waals surface area contributed by atoms with Gasteiger partial charge in [0.25, 0.3) is 0 Å². The number of carboxylic acid groups (broad SMARTS) is 2. The number of imidazole rings is 1. The Balaban J connectivity index is 2.31. The maximum absolute atomic E-state index is 14.3. The molecule has 0 radical (unpaired) electrons. The number of aromatic hydroxyl groups is 1. The molecule has 632 valence electrons. The molecule has 0 saturated heterocycles. The van der Waals surface area contributed by atoms with Crippen LogP contribution >= 0.6 is 0 Å². The van der Waals surface area contributed by atoms with E-state index in [-0.39, 0.29) is 68.4 Å². The first-order valence-corrected chi connectivity index (χ1v) is 35.9. The topological polar surface area (TPSA) is 743 Å². The number of rotatable bonds is 49. The van der Waals surface area contributed by atoms with Gasteiger partial charge in [-0.25, -0.2) is 9.78 Å². The predicted octanol–water partition coefficient (Wildman–Crippen LogP) is -10.7. The maximum Gasteiger partial charge on any atom is 0.328 e. The molecule has 113 heavy (non-hydrogen) atoms. The van der Waals surface area contributed by atoms with Crippen molar-refractivity contribution >= 4 is 101 Å². The van der Waals surface area contributed by atoms with Crippen LogP contribution in [0, 0.1) is 11.8 Å². The number of aliphatic hydroxyl groups excluding tert-OH is 6. The van der Waals surface area contributed by atoms with Gasteiger partial charge in [0.05, 0.1) is 56.4 Å². The second-order valence-electron chi connectivity index (χ2n) is 27.8. The third kappa shape index (κ3) is 34.5. The Kier molecular flexibility index (Phi) is 41.4. The lowest BCUT2D eigenvalue weighted by Crippen LogP contribution is -2.63. The second-order valence-corrected chi connectivity index (χ2v) is 27.8. The van der Waals surface area contributed by atoms with E-state index in [0.717, 1.165) is 34.6 Å². The molecule has 0 fully saturated rings. The monoisotopic (exact) mass is 1610 g/mol. The van der Waals surface area contributed by atoms with E-state index in [2.05, 4.69) is 84.1 Å². The van der Waals surface area contributed by atoms with E-state index in [4.69, 9.17) is 17.2 Å². The summed E-state index contributed by atoms with van der Waals surface area (Å²) in [4.78, 5) is 226. The zero-order valence-corrected chi connectivity index (χ0v) is 64.3. The van der Waals surface area contributed by atoms with Crippen LogP contribution in [0.15, 0.2) is 41.8 Å². The van der Waals surface area contributed by atoms with Gasteiger partial charge in [-0.05, 0) is 110 Å². The number of phenols is 1. The minimum Gasteiger partial charge on any atom is -0.508 e. The molecule has 30 N–H and O–H groups in total. The summed E-state index contributed by atoms with van der Waals surface area (Å²) in [5, 5.41) is 123. The summed E-state index contributed by atoms with van der Waals surface area (Å²) in [6.45, 7) is 11.9. The van der Waals surface area contributed by atoms with Gasteiger partial charge in [0.1, 0.15) is 84.3 Å². The highest BCUT2D eigenvalue weighted by Gasteiger charge is 2.40. The van der Waals surface area contributed by atoms with Crippen molar-refractivity contribution in [1.82, 2.24) is 84.4 Å². The van der Waals surface area contributed by atoms with E-state index in [1.165, 1.54) is 50.6 Å². The highest BCUT2D eigenvalue weighted by molar-refractivity contribution is 6.01. The normalized spacial score (nSPS) is 16.3. The summed E-state index contributed by atoms with van der Waals surface area (Å²) in [7, 11) is 0.